The van der Waals surface area contributed by atoms with Crippen molar-refractivity contribution in [1.82, 2.24) is 10.4 Å². The molecule has 2 rings (SSSR count). The number of hydrazone groups is 1. The van der Waals surface area contributed by atoms with E-state index >= 15 is 0 Å². The number of carbonyl (C=O) groups is 1. The first kappa shape index (κ1) is 15.5. The zero-order valence-corrected chi connectivity index (χ0v) is 12.4. The second-order valence-corrected chi connectivity index (χ2v) is 4.44. The lowest BCUT2D eigenvalue weighted by Gasteiger charge is -2.06. The van der Waals surface area contributed by atoms with Gasteiger partial charge in [-0.25, -0.2) is 5.43 Å². The number of benzene rings is 1. The number of hydrogen-bond donors (Lipinski definition) is 1. The number of hydrogen-bond acceptors (Lipinski definition) is 5. The zero-order chi connectivity index (χ0) is 15.8. The molecule has 1 aromatic carbocycles. The Balaban J connectivity index is 1.82. The fraction of sp³-hybridized carbons (Fsp3) is 0.188. The molecule has 0 saturated carbocycles. The number of pyridine rings is 1. The van der Waals surface area contributed by atoms with Crippen LogP contribution in [-0.2, 0) is 4.79 Å². The lowest BCUT2D eigenvalue weighted by molar-refractivity contribution is -0.123. The molecule has 1 amide bonds. The molecule has 0 fully saturated rings. The standard InChI is InChI=1S/C16H17N3O3/c1-12(13-4-3-9-17-10-13)18-19-16(20)11-22-15-7-5-14(21-2)6-8-15/h3-10H,11H2,1-2H3,(H,19,20)/b18-12+. The summed E-state index contributed by atoms with van der Waals surface area (Å²) in [6.45, 7) is 1.68. The Hall–Kier alpha value is -2.89. The van der Waals surface area contributed by atoms with Crippen molar-refractivity contribution >= 4 is 11.6 Å². The lowest BCUT2D eigenvalue weighted by atomic mass is 10.2. The van der Waals surface area contributed by atoms with Crippen LogP contribution in [0.2, 0.25) is 0 Å². The number of nitrogens with zero attached hydrogens (tertiary/aromatic N) is 2. The summed E-state index contributed by atoms with van der Waals surface area (Å²) < 4.78 is 10.4. The molecule has 0 bridgehead atoms. The van der Waals surface area contributed by atoms with E-state index in [9.17, 15) is 4.79 Å². The summed E-state index contributed by atoms with van der Waals surface area (Å²) in [6, 6.07) is 10.7. The molecule has 0 atom stereocenters. The number of carbonyl (C=O) groups excluding carboxylic acids is 1. The van der Waals surface area contributed by atoms with E-state index < -0.39 is 0 Å². The Kier molecular flexibility index (Phi) is 5.48. The summed E-state index contributed by atoms with van der Waals surface area (Å²) >= 11 is 0. The number of nitrogens with one attached hydrogen (secondary N) is 1. The highest BCUT2D eigenvalue weighted by Gasteiger charge is 2.03. The lowest BCUT2D eigenvalue weighted by Crippen LogP contribution is -2.25. The van der Waals surface area contributed by atoms with Crippen LogP contribution >= 0.6 is 0 Å². The number of aromatic nitrogens is 1. The van der Waals surface area contributed by atoms with Crippen molar-refractivity contribution in [2.24, 2.45) is 5.10 Å². The average Bonchev–Trinajstić information content (AvgIpc) is 2.59. The second kappa shape index (κ2) is 7.78. The summed E-state index contributed by atoms with van der Waals surface area (Å²) in [5.41, 5.74) is 3.96. The van der Waals surface area contributed by atoms with Crippen molar-refractivity contribution in [2.45, 2.75) is 6.92 Å². The Labute approximate surface area is 128 Å². The van der Waals surface area contributed by atoms with Crippen molar-refractivity contribution in [3.63, 3.8) is 0 Å². The SMILES string of the molecule is COc1ccc(OCC(=O)N/N=C(\C)c2cccnc2)cc1. The van der Waals surface area contributed by atoms with Crippen LogP contribution in [0, 0.1) is 0 Å². The van der Waals surface area contributed by atoms with Gasteiger partial charge in [0.05, 0.1) is 12.8 Å². The van der Waals surface area contributed by atoms with Gasteiger partial charge in [-0.05, 0) is 37.3 Å². The van der Waals surface area contributed by atoms with E-state index in [1.165, 1.54) is 0 Å². The predicted molar refractivity (Wildman–Crippen MR) is 83.1 cm³/mol. The second-order valence-electron chi connectivity index (χ2n) is 4.44. The molecule has 1 N–H and O–H groups in total. The average molecular weight is 299 g/mol. The third-order valence-electron chi connectivity index (χ3n) is 2.86. The van der Waals surface area contributed by atoms with Gasteiger partial charge in [0.2, 0.25) is 0 Å². The van der Waals surface area contributed by atoms with E-state index in [0.717, 1.165) is 11.3 Å². The van der Waals surface area contributed by atoms with E-state index in [1.54, 1.807) is 50.7 Å². The number of ether oxygens (including phenoxy) is 2. The molecule has 0 saturated heterocycles. The van der Waals surface area contributed by atoms with Crippen LogP contribution < -0.4 is 14.9 Å². The van der Waals surface area contributed by atoms with E-state index in [2.05, 4.69) is 15.5 Å². The van der Waals surface area contributed by atoms with Gasteiger partial charge in [-0.1, -0.05) is 6.07 Å². The summed E-state index contributed by atoms with van der Waals surface area (Å²) in [5.74, 6) is 0.983. The summed E-state index contributed by atoms with van der Waals surface area (Å²) in [5, 5.41) is 4.01. The monoisotopic (exact) mass is 299 g/mol. The minimum absolute atomic E-state index is 0.115. The van der Waals surface area contributed by atoms with E-state index in [1.807, 2.05) is 12.1 Å². The summed E-state index contributed by atoms with van der Waals surface area (Å²) in [6.07, 6.45) is 3.36. The normalized spacial score (nSPS) is 10.9. The molecule has 0 unspecified atom stereocenters. The highest BCUT2D eigenvalue weighted by Crippen LogP contribution is 2.16. The van der Waals surface area contributed by atoms with Gasteiger partial charge in [-0.2, -0.15) is 5.10 Å². The van der Waals surface area contributed by atoms with Crippen molar-refractivity contribution < 1.29 is 14.3 Å². The van der Waals surface area contributed by atoms with Crippen molar-refractivity contribution in [3.8, 4) is 11.5 Å². The summed E-state index contributed by atoms with van der Waals surface area (Å²) in [4.78, 5) is 15.7. The Bertz CT molecular complexity index is 639. The fourth-order valence-electron chi connectivity index (χ4n) is 1.64. The van der Waals surface area contributed by atoms with Crippen LogP contribution in [0.4, 0.5) is 0 Å². The van der Waals surface area contributed by atoms with Gasteiger partial charge >= 0.3 is 0 Å². The maximum absolute atomic E-state index is 11.7. The quantitative estimate of drug-likeness (QED) is 0.654. The largest absolute Gasteiger partial charge is 0.497 e. The molecule has 2 aromatic rings. The first-order valence-electron chi connectivity index (χ1n) is 6.69. The van der Waals surface area contributed by atoms with Gasteiger partial charge in [0, 0.05) is 18.0 Å². The molecule has 1 heterocycles. The molecule has 22 heavy (non-hydrogen) atoms. The van der Waals surface area contributed by atoms with Crippen molar-refractivity contribution in [1.29, 1.82) is 0 Å². The number of methoxy groups -OCH3 is 1. The minimum Gasteiger partial charge on any atom is -0.497 e. The van der Waals surface area contributed by atoms with Crippen LogP contribution in [0.1, 0.15) is 12.5 Å². The zero-order valence-electron chi connectivity index (χ0n) is 12.4. The van der Waals surface area contributed by atoms with Crippen LogP contribution in [0.3, 0.4) is 0 Å². The number of amides is 1. The molecular formula is C16H17N3O3. The molecule has 6 heteroatoms. The Morgan fingerprint density at radius 3 is 2.59 bits per heavy atom. The highest BCUT2D eigenvalue weighted by molar-refractivity contribution is 5.98. The first-order chi connectivity index (χ1) is 10.7. The van der Waals surface area contributed by atoms with Crippen molar-refractivity contribution in [3.05, 3.63) is 54.4 Å². The maximum atomic E-state index is 11.7. The minimum atomic E-state index is -0.334. The Morgan fingerprint density at radius 2 is 1.95 bits per heavy atom. The fourth-order valence-corrected chi connectivity index (χ4v) is 1.64. The van der Waals surface area contributed by atoms with Gasteiger partial charge in [0.15, 0.2) is 6.61 Å². The Morgan fingerprint density at radius 1 is 1.23 bits per heavy atom. The van der Waals surface area contributed by atoms with Crippen LogP contribution in [0.5, 0.6) is 11.5 Å². The highest BCUT2D eigenvalue weighted by atomic mass is 16.5. The van der Waals surface area contributed by atoms with Gasteiger partial charge < -0.3 is 9.47 Å². The molecule has 0 radical (unpaired) electrons. The maximum Gasteiger partial charge on any atom is 0.277 e. The molecule has 6 nitrogen and oxygen atoms in total. The van der Waals surface area contributed by atoms with Gasteiger partial charge in [-0.15, -0.1) is 0 Å². The smallest absolute Gasteiger partial charge is 0.277 e. The van der Waals surface area contributed by atoms with Gasteiger partial charge in [0.25, 0.3) is 5.91 Å². The molecular weight excluding hydrogens is 282 g/mol. The van der Waals surface area contributed by atoms with Crippen LogP contribution in [-0.4, -0.2) is 30.3 Å². The van der Waals surface area contributed by atoms with E-state index in [4.69, 9.17) is 9.47 Å². The van der Waals surface area contributed by atoms with Crippen molar-refractivity contribution in [2.75, 3.05) is 13.7 Å². The summed E-state index contributed by atoms with van der Waals surface area (Å²) in [7, 11) is 1.59. The topological polar surface area (TPSA) is 72.8 Å². The predicted octanol–water partition coefficient (Wildman–Crippen LogP) is 2.01. The van der Waals surface area contributed by atoms with Gasteiger partial charge in [-0.3, -0.25) is 9.78 Å². The van der Waals surface area contributed by atoms with Crippen LogP contribution in [0.15, 0.2) is 53.9 Å². The molecule has 1 aromatic heterocycles. The molecule has 0 aliphatic heterocycles. The van der Waals surface area contributed by atoms with E-state index in [0.29, 0.717) is 11.5 Å². The third kappa shape index (κ3) is 4.59. The van der Waals surface area contributed by atoms with Crippen LogP contribution in [0.25, 0.3) is 0 Å². The molecule has 0 aliphatic rings. The number of rotatable bonds is 6. The first-order valence-corrected chi connectivity index (χ1v) is 6.69. The molecule has 0 aliphatic carbocycles. The third-order valence-corrected chi connectivity index (χ3v) is 2.86. The molecule has 0 spiro atoms. The van der Waals surface area contributed by atoms with Gasteiger partial charge in [0.1, 0.15) is 11.5 Å². The molecule has 114 valence electrons. The van der Waals surface area contributed by atoms with E-state index in [-0.39, 0.29) is 12.5 Å².